The normalized spacial score (nSPS) is 17.3. The van der Waals surface area contributed by atoms with Gasteiger partial charge in [0, 0.05) is 24.9 Å². The van der Waals surface area contributed by atoms with Crippen LogP contribution in [-0.2, 0) is 9.63 Å². The van der Waals surface area contributed by atoms with E-state index in [2.05, 4.69) is 5.16 Å². The standard InChI is InChI=1S/C16H21FN2O2/c1-3-8-19(16(20)4-2)11-14-10-15(18-21-14)12-6-5-7-13(17)9-12/h5-7,9,14H,3-4,8,10-11H2,1-2H3/t14-/m0/s1. The van der Waals surface area contributed by atoms with E-state index in [0.717, 1.165) is 24.2 Å². The molecule has 1 aromatic rings. The summed E-state index contributed by atoms with van der Waals surface area (Å²) in [6.07, 6.45) is 1.85. The van der Waals surface area contributed by atoms with Crippen LogP contribution in [0.5, 0.6) is 0 Å². The number of hydrogen-bond donors (Lipinski definition) is 0. The monoisotopic (exact) mass is 292 g/mol. The number of oxime groups is 1. The van der Waals surface area contributed by atoms with Crippen molar-refractivity contribution in [3.8, 4) is 0 Å². The van der Waals surface area contributed by atoms with Gasteiger partial charge < -0.3 is 9.74 Å². The first-order valence-electron chi connectivity index (χ1n) is 7.40. The van der Waals surface area contributed by atoms with E-state index in [1.54, 1.807) is 6.07 Å². The lowest BCUT2D eigenvalue weighted by atomic mass is 10.0. The van der Waals surface area contributed by atoms with E-state index >= 15 is 0 Å². The van der Waals surface area contributed by atoms with Crippen LogP contribution in [-0.4, -0.2) is 35.7 Å². The summed E-state index contributed by atoms with van der Waals surface area (Å²) in [5.74, 6) is -0.160. The number of hydrogen-bond acceptors (Lipinski definition) is 3. The fraction of sp³-hybridized carbons (Fsp3) is 0.500. The number of carbonyl (C=O) groups is 1. The SMILES string of the molecule is CCCN(C[C@@H]1CC(c2cccc(F)c2)=NO1)C(=O)CC. The van der Waals surface area contributed by atoms with Gasteiger partial charge in [0.15, 0.2) is 6.10 Å². The fourth-order valence-electron chi connectivity index (χ4n) is 2.42. The quantitative estimate of drug-likeness (QED) is 0.809. The van der Waals surface area contributed by atoms with E-state index < -0.39 is 0 Å². The van der Waals surface area contributed by atoms with Gasteiger partial charge in [0.05, 0.1) is 12.3 Å². The van der Waals surface area contributed by atoms with E-state index in [0.29, 0.717) is 19.4 Å². The molecule has 1 aliphatic heterocycles. The van der Waals surface area contributed by atoms with Crippen molar-refractivity contribution in [3.05, 3.63) is 35.6 Å². The second-order valence-electron chi connectivity index (χ2n) is 5.17. The highest BCUT2D eigenvalue weighted by Gasteiger charge is 2.26. The molecule has 1 heterocycles. The minimum atomic E-state index is -0.285. The third-order valence-electron chi connectivity index (χ3n) is 3.46. The van der Waals surface area contributed by atoms with E-state index in [-0.39, 0.29) is 17.8 Å². The molecule has 0 unspecified atom stereocenters. The van der Waals surface area contributed by atoms with Crippen molar-refractivity contribution in [2.75, 3.05) is 13.1 Å². The number of nitrogens with zero attached hydrogens (tertiary/aromatic N) is 2. The first kappa shape index (κ1) is 15.5. The van der Waals surface area contributed by atoms with Crippen LogP contribution in [0.3, 0.4) is 0 Å². The fourth-order valence-corrected chi connectivity index (χ4v) is 2.42. The number of amides is 1. The van der Waals surface area contributed by atoms with Crippen molar-refractivity contribution in [2.24, 2.45) is 5.16 Å². The average Bonchev–Trinajstić information content (AvgIpc) is 2.94. The molecule has 0 saturated carbocycles. The molecule has 1 aliphatic rings. The van der Waals surface area contributed by atoms with Gasteiger partial charge in [-0.2, -0.15) is 0 Å². The van der Waals surface area contributed by atoms with Gasteiger partial charge in [-0.1, -0.05) is 31.1 Å². The predicted octanol–water partition coefficient (Wildman–Crippen LogP) is 2.97. The second-order valence-corrected chi connectivity index (χ2v) is 5.17. The van der Waals surface area contributed by atoms with Crippen LogP contribution in [0.1, 0.15) is 38.7 Å². The summed E-state index contributed by atoms with van der Waals surface area (Å²) < 4.78 is 13.2. The molecule has 5 heteroatoms. The van der Waals surface area contributed by atoms with Crippen molar-refractivity contribution >= 4 is 11.6 Å². The van der Waals surface area contributed by atoms with Crippen LogP contribution in [0.2, 0.25) is 0 Å². The van der Waals surface area contributed by atoms with Gasteiger partial charge in [-0.3, -0.25) is 4.79 Å². The molecule has 2 rings (SSSR count). The molecule has 0 N–H and O–H groups in total. The Morgan fingerprint density at radius 1 is 1.48 bits per heavy atom. The number of halogens is 1. The molecule has 21 heavy (non-hydrogen) atoms. The molecule has 0 saturated heterocycles. The van der Waals surface area contributed by atoms with Crippen molar-refractivity contribution < 1.29 is 14.0 Å². The largest absolute Gasteiger partial charge is 0.390 e. The molecule has 1 atom stereocenters. The van der Waals surface area contributed by atoms with Gasteiger partial charge in [-0.15, -0.1) is 0 Å². The van der Waals surface area contributed by atoms with Gasteiger partial charge >= 0.3 is 0 Å². The summed E-state index contributed by atoms with van der Waals surface area (Å²) in [6, 6.07) is 6.32. The third-order valence-corrected chi connectivity index (χ3v) is 3.46. The summed E-state index contributed by atoms with van der Waals surface area (Å²) >= 11 is 0. The Kier molecular flexibility index (Phi) is 5.31. The first-order chi connectivity index (χ1) is 10.1. The zero-order valence-electron chi connectivity index (χ0n) is 12.5. The van der Waals surface area contributed by atoms with Crippen molar-refractivity contribution in [1.29, 1.82) is 0 Å². The van der Waals surface area contributed by atoms with Crippen LogP contribution in [0.25, 0.3) is 0 Å². The summed E-state index contributed by atoms with van der Waals surface area (Å²) in [6.45, 7) is 5.15. The van der Waals surface area contributed by atoms with Crippen LogP contribution >= 0.6 is 0 Å². The molecular formula is C16H21FN2O2. The molecule has 0 bridgehead atoms. The highest BCUT2D eigenvalue weighted by Crippen LogP contribution is 2.18. The number of benzene rings is 1. The summed E-state index contributed by atoms with van der Waals surface area (Å²) in [5.41, 5.74) is 1.47. The third kappa shape index (κ3) is 4.03. The maximum atomic E-state index is 13.2. The van der Waals surface area contributed by atoms with E-state index in [1.807, 2.05) is 24.8 Å². The Bertz CT molecular complexity index is 531. The maximum absolute atomic E-state index is 13.2. The zero-order valence-corrected chi connectivity index (χ0v) is 12.5. The van der Waals surface area contributed by atoms with E-state index in [9.17, 15) is 9.18 Å². The lowest BCUT2D eigenvalue weighted by molar-refractivity contribution is -0.132. The highest BCUT2D eigenvalue weighted by molar-refractivity contribution is 6.01. The van der Waals surface area contributed by atoms with E-state index in [4.69, 9.17) is 4.84 Å². The Morgan fingerprint density at radius 3 is 2.95 bits per heavy atom. The van der Waals surface area contributed by atoms with Gasteiger partial charge in [-0.05, 0) is 18.6 Å². The molecule has 1 aromatic carbocycles. The molecular weight excluding hydrogens is 271 g/mol. The topological polar surface area (TPSA) is 41.9 Å². The van der Waals surface area contributed by atoms with Gasteiger partial charge in [0.25, 0.3) is 0 Å². The van der Waals surface area contributed by atoms with Crippen LogP contribution in [0.4, 0.5) is 4.39 Å². The van der Waals surface area contributed by atoms with Gasteiger partial charge in [0.1, 0.15) is 5.82 Å². The van der Waals surface area contributed by atoms with Crippen molar-refractivity contribution in [1.82, 2.24) is 4.90 Å². The maximum Gasteiger partial charge on any atom is 0.222 e. The van der Waals surface area contributed by atoms with Gasteiger partial charge in [0.2, 0.25) is 5.91 Å². The summed E-state index contributed by atoms with van der Waals surface area (Å²) in [5, 5.41) is 4.04. The first-order valence-corrected chi connectivity index (χ1v) is 7.40. The van der Waals surface area contributed by atoms with Crippen molar-refractivity contribution in [2.45, 2.75) is 39.2 Å². The molecule has 0 spiro atoms. The summed E-state index contributed by atoms with van der Waals surface area (Å²) in [7, 11) is 0. The average molecular weight is 292 g/mol. The van der Waals surface area contributed by atoms with Gasteiger partial charge in [-0.25, -0.2) is 4.39 Å². The molecule has 0 aromatic heterocycles. The molecule has 4 nitrogen and oxygen atoms in total. The lowest BCUT2D eigenvalue weighted by Crippen LogP contribution is -2.37. The Hall–Kier alpha value is -1.91. The molecule has 0 radical (unpaired) electrons. The van der Waals surface area contributed by atoms with Crippen molar-refractivity contribution in [3.63, 3.8) is 0 Å². The molecule has 114 valence electrons. The summed E-state index contributed by atoms with van der Waals surface area (Å²) in [4.78, 5) is 19.1. The predicted molar refractivity (Wildman–Crippen MR) is 79.6 cm³/mol. The van der Waals surface area contributed by atoms with E-state index in [1.165, 1.54) is 12.1 Å². The molecule has 0 fully saturated rings. The van der Waals surface area contributed by atoms with Crippen LogP contribution in [0, 0.1) is 5.82 Å². The minimum Gasteiger partial charge on any atom is -0.390 e. The second kappa shape index (κ2) is 7.20. The number of carbonyl (C=O) groups excluding carboxylic acids is 1. The molecule has 0 aliphatic carbocycles. The van der Waals surface area contributed by atoms with Crippen LogP contribution in [0.15, 0.2) is 29.4 Å². The zero-order chi connectivity index (χ0) is 15.2. The number of rotatable bonds is 6. The smallest absolute Gasteiger partial charge is 0.222 e. The minimum absolute atomic E-state index is 0.125. The molecule has 1 amide bonds. The Balaban J connectivity index is 1.96. The highest BCUT2D eigenvalue weighted by atomic mass is 19.1. The van der Waals surface area contributed by atoms with Crippen LogP contribution < -0.4 is 0 Å². The Labute approximate surface area is 124 Å². The lowest BCUT2D eigenvalue weighted by Gasteiger charge is -2.23. The Morgan fingerprint density at radius 2 is 2.29 bits per heavy atom.